The van der Waals surface area contributed by atoms with Gasteiger partial charge in [-0.1, -0.05) is 44.4 Å². The predicted molar refractivity (Wildman–Crippen MR) is 102 cm³/mol. The average Bonchev–Trinajstić information content (AvgIpc) is 3.07. The van der Waals surface area contributed by atoms with Crippen LogP contribution >= 0.6 is 11.6 Å². The molecule has 0 bridgehead atoms. The number of carbonyl (C=O) groups is 1. The van der Waals surface area contributed by atoms with Crippen molar-refractivity contribution in [2.75, 3.05) is 0 Å². The van der Waals surface area contributed by atoms with Gasteiger partial charge < -0.3 is 5.32 Å². The number of benzene rings is 1. The molecular formula is C21H25ClN2O. The van der Waals surface area contributed by atoms with E-state index >= 15 is 0 Å². The number of nitrogens with one attached hydrogen (secondary N) is 1. The Morgan fingerprint density at radius 2 is 2.04 bits per heavy atom. The van der Waals surface area contributed by atoms with E-state index in [1.54, 1.807) is 0 Å². The van der Waals surface area contributed by atoms with Crippen LogP contribution in [0.5, 0.6) is 0 Å². The summed E-state index contributed by atoms with van der Waals surface area (Å²) in [5.74, 6) is 1.19. The summed E-state index contributed by atoms with van der Waals surface area (Å²) in [6, 6.07) is 5.99. The Kier molecular flexibility index (Phi) is 4.45. The Bertz CT molecular complexity index is 832. The largest absolute Gasteiger partial charge is 0.349 e. The summed E-state index contributed by atoms with van der Waals surface area (Å²) in [6.07, 6.45) is 6.64. The number of amides is 1. The molecule has 2 aliphatic carbocycles. The van der Waals surface area contributed by atoms with E-state index in [9.17, 15) is 4.79 Å². The number of pyridine rings is 1. The van der Waals surface area contributed by atoms with Crippen LogP contribution in [0.1, 0.15) is 61.1 Å². The van der Waals surface area contributed by atoms with Gasteiger partial charge in [0.05, 0.1) is 10.5 Å². The lowest BCUT2D eigenvalue weighted by molar-refractivity contribution is 0.0891. The molecule has 2 aliphatic rings. The quantitative estimate of drug-likeness (QED) is 0.828. The predicted octanol–water partition coefficient (Wildman–Crippen LogP) is 4.93. The second-order valence-electron chi connectivity index (χ2n) is 7.78. The van der Waals surface area contributed by atoms with E-state index in [1.807, 2.05) is 18.2 Å². The van der Waals surface area contributed by atoms with Crippen molar-refractivity contribution >= 4 is 28.4 Å². The molecule has 1 aromatic carbocycles. The number of halogens is 1. The molecule has 1 saturated carbocycles. The average molecular weight is 357 g/mol. The van der Waals surface area contributed by atoms with Gasteiger partial charge in [0.1, 0.15) is 0 Å². The van der Waals surface area contributed by atoms with Crippen molar-refractivity contribution in [2.45, 2.75) is 58.4 Å². The van der Waals surface area contributed by atoms with Gasteiger partial charge in [0.15, 0.2) is 0 Å². The Balaban J connectivity index is 1.61. The molecule has 3 atom stereocenters. The zero-order valence-electron chi connectivity index (χ0n) is 14.9. The molecule has 0 spiro atoms. The third kappa shape index (κ3) is 3.03. The molecule has 0 saturated heterocycles. The standard InChI is InChI=1S/C21H25ClN2O/c1-12-5-3-7-17(13(12)2)24-21(25)14-9-10-16-19(11-14)23-18-8-4-6-15(18)20(16)22/h9-13,17H,3-8H2,1-2H3,(H,24,25)/t12-,13-,17+/m1/s1. The van der Waals surface area contributed by atoms with Crippen LogP contribution in [-0.2, 0) is 12.8 Å². The molecular weight excluding hydrogens is 332 g/mol. The van der Waals surface area contributed by atoms with Crippen LogP contribution in [0, 0.1) is 11.8 Å². The van der Waals surface area contributed by atoms with E-state index in [-0.39, 0.29) is 11.9 Å². The van der Waals surface area contributed by atoms with Crippen LogP contribution in [0.3, 0.4) is 0 Å². The van der Waals surface area contributed by atoms with Crippen molar-refractivity contribution in [3.8, 4) is 0 Å². The van der Waals surface area contributed by atoms with Crippen molar-refractivity contribution in [2.24, 2.45) is 11.8 Å². The lowest BCUT2D eigenvalue weighted by Gasteiger charge is -2.34. The normalized spacial score (nSPS) is 25.8. The van der Waals surface area contributed by atoms with Gasteiger partial charge in [-0.05, 0) is 55.2 Å². The molecule has 1 fully saturated rings. The van der Waals surface area contributed by atoms with E-state index in [1.165, 1.54) is 18.4 Å². The Morgan fingerprint density at radius 3 is 2.88 bits per heavy atom. The zero-order chi connectivity index (χ0) is 17.6. The monoisotopic (exact) mass is 356 g/mol. The molecule has 1 aromatic heterocycles. The lowest BCUT2D eigenvalue weighted by Crippen LogP contribution is -2.43. The van der Waals surface area contributed by atoms with Gasteiger partial charge in [-0.2, -0.15) is 0 Å². The van der Waals surface area contributed by atoms with Crippen molar-refractivity contribution in [1.82, 2.24) is 10.3 Å². The van der Waals surface area contributed by atoms with Crippen LogP contribution in [0.2, 0.25) is 5.02 Å². The summed E-state index contributed by atoms with van der Waals surface area (Å²) in [4.78, 5) is 17.5. The van der Waals surface area contributed by atoms with Gasteiger partial charge in [-0.15, -0.1) is 0 Å². The van der Waals surface area contributed by atoms with Gasteiger partial charge in [0, 0.05) is 22.7 Å². The van der Waals surface area contributed by atoms with Gasteiger partial charge in [0.25, 0.3) is 5.91 Å². The SMILES string of the molecule is C[C@@H]1[C@H](C)CCC[C@@H]1NC(=O)c1ccc2c(Cl)c3c(nc2c1)CCC3. The van der Waals surface area contributed by atoms with E-state index in [0.29, 0.717) is 17.4 Å². The lowest BCUT2D eigenvalue weighted by atomic mass is 9.78. The third-order valence-corrected chi connectivity index (χ3v) is 6.66. The maximum atomic E-state index is 12.8. The number of hydrogen-bond acceptors (Lipinski definition) is 2. The highest BCUT2D eigenvalue weighted by atomic mass is 35.5. The third-order valence-electron chi connectivity index (χ3n) is 6.23. The number of rotatable bonds is 2. The first-order valence-corrected chi connectivity index (χ1v) is 9.84. The summed E-state index contributed by atoms with van der Waals surface area (Å²) in [5.41, 5.74) is 3.81. The molecule has 3 nitrogen and oxygen atoms in total. The van der Waals surface area contributed by atoms with Crippen LogP contribution in [0.4, 0.5) is 0 Å². The van der Waals surface area contributed by atoms with E-state index in [0.717, 1.165) is 47.3 Å². The molecule has 0 unspecified atom stereocenters. The van der Waals surface area contributed by atoms with Gasteiger partial charge in [-0.3, -0.25) is 9.78 Å². The number of aryl methyl sites for hydroxylation is 1. The van der Waals surface area contributed by atoms with Crippen molar-refractivity contribution in [3.05, 3.63) is 40.0 Å². The van der Waals surface area contributed by atoms with E-state index < -0.39 is 0 Å². The van der Waals surface area contributed by atoms with Crippen molar-refractivity contribution < 1.29 is 4.79 Å². The first-order valence-electron chi connectivity index (χ1n) is 9.46. The molecule has 1 N–H and O–H groups in total. The highest BCUT2D eigenvalue weighted by Crippen LogP contribution is 2.34. The molecule has 2 aromatic rings. The minimum Gasteiger partial charge on any atom is -0.349 e. The zero-order valence-corrected chi connectivity index (χ0v) is 15.7. The molecule has 132 valence electrons. The highest BCUT2D eigenvalue weighted by molar-refractivity contribution is 6.36. The van der Waals surface area contributed by atoms with Gasteiger partial charge in [0.2, 0.25) is 0 Å². The minimum atomic E-state index is 0.00581. The summed E-state index contributed by atoms with van der Waals surface area (Å²) in [5, 5.41) is 5.02. The molecule has 1 heterocycles. The highest BCUT2D eigenvalue weighted by Gasteiger charge is 2.28. The summed E-state index contributed by atoms with van der Waals surface area (Å²) < 4.78 is 0. The first-order chi connectivity index (χ1) is 12.0. The molecule has 1 amide bonds. The van der Waals surface area contributed by atoms with E-state index in [2.05, 4.69) is 19.2 Å². The van der Waals surface area contributed by atoms with Crippen molar-refractivity contribution in [1.29, 1.82) is 0 Å². The Hall–Kier alpha value is -1.61. The topological polar surface area (TPSA) is 42.0 Å². The molecule has 0 aliphatic heterocycles. The van der Waals surface area contributed by atoms with Gasteiger partial charge >= 0.3 is 0 Å². The van der Waals surface area contributed by atoms with Gasteiger partial charge in [-0.25, -0.2) is 0 Å². The van der Waals surface area contributed by atoms with Crippen LogP contribution in [0.15, 0.2) is 18.2 Å². The number of fused-ring (bicyclic) bond motifs is 2. The fraction of sp³-hybridized carbons (Fsp3) is 0.524. The maximum absolute atomic E-state index is 12.8. The smallest absolute Gasteiger partial charge is 0.251 e. The van der Waals surface area contributed by atoms with Crippen LogP contribution in [0.25, 0.3) is 10.9 Å². The number of carbonyl (C=O) groups excluding carboxylic acids is 1. The molecule has 4 heteroatoms. The second kappa shape index (κ2) is 6.60. The Morgan fingerprint density at radius 1 is 1.20 bits per heavy atom. The summed E-state index contributed by atoms with van der Waals surface area (Å²) in [6.45, 7) is 4.53. The van der Waals surface area contributed by atoms with E-state index in [4.69, 9.17) is 16.6 Å². The number of nitrogens with zero attached hydrogens (tertiary/aromatic N) is 1. The fourth-order valence-electron chi connectivity index (χ4n) is 4.38. The number of hydrogen-bond donors (Lipinski definition) is 1. The Labute approximate surface area is 154 Å². The minimum absolute atomic E-state index is 0.00581. The summed E-state index contributed by atoms with van der Waals surface area (Å²) in [7, 11) is 0. The summed E-state index contributed by atoms with van der Waals surface area (Å²) >= 11 is 6.57. The molecule has 0 radical (unpaired) electrons. The molecule has 4 rings (SSSR count). The van der Waals surface area contributed by atoms with Crippen LogP contribution in [-0.4, -0.2) is 16.9 Å². The fourth-order valence-corrected chi connectivity index (χ4v) is 4.75. The second-order valence-corrected chi connectivity index (χ2v) is 8.16. The van der Waals surface area contributed by atoms with Crippen molar-refractivity contribution in [3.63, 3.8) is 0 Å². The van der Waals surface area contributed by atoms with Crippen LogP contribution < -0.4 is 5.32 Å². The first kappa shape index (κ1) is 16.8. The molecule has 25 heavy (non-hydrogen) atoms. The maximum Gasteiger partial charge on any atom is 0.251 e. The number of aromatic nitrogens is 1.